The Morgan fingerprint density at radius 2 is 0.313 bits per heavy atom. The van der Waals surface area contributed by atoms with Crippen molar-refractivity contribution in [1.82, 2.24) is 0 Å². The highest BCUT2D eigenvalue weighted by Crippen LogP contribution is 2.52. The zero-order valence-corrected chi connectivity index (χ0v) is 81.4. The van der Waals surface area contributed by atoms with Gasteiger partial charge in [-0.2, -0.15) is 0 Å². The lowest BCUT2D eigenvalue weighted by molar-refractivity contribution is 1.63. The molecule has 29 rings (SSSR count). The number of fused-ring (bicyclic) bond motifs is 12. The maximum Gasteiger partial charge on any atom is 0.0629 e. The maximum absolute atomic E-state index is 8.92. The van der Waals surface area contributed by atoms with Crippen LogP contribution in [0.1, 0.15) is 23.3 Å². The summed E-state index contributed by atoms with van der Waals surface area (Å²) < 4.78 is 144. The van der Waals surface area contributed by atoms with E-state index < -0.39 is 18.1 Å². The van der Waals surface area contributed by atoms with Crippen LogP contribution in [-0.4, -0.2) is 0 Å². The standard InChI is InChI=1S/C46H30.2C36H24.C32H22/c1-3-14-32(15-4-1)45-41-21-9-10-22-42(41)46(33-16-5-2-6-17-33)44-30-36(26-28-43(44)45)39-24-12-19-34-29-35(25-27-40(34)39)38-23-11-18-31-13-7-8-20-37(31)38;2*1-3-13-26(14-4-1)35-31-19-9-10-20-32(31)36(27-15-5-2-6-16-27)34-24-28(22-23-33(34)35)30-21-11-17-25-12-7-8-18-29(25)30;1-4-12-23(13-5-1)26-20-21-29-30(22-26)32(25-16-8-3-9-17-25)28-19-11-10-18-27(28)31(29)24-14-6-2-7-15-24/h1-30H;2*1-24H;1-22H/i;7D,8D,11D,12D,17D,18D,21D;2D,5D,6D,15D,16D;1D,4D,5D,12D,13D. The third-order valence-corrected chi connectivity index (χ3v) is 29.1. The Morgan fingerprint density at radius 1 is 0.0933 bits per heavy atom. The Kier molecular flexibility index (Phi) is 19.7. The van der Waals surface area contributed by atoms with Gasteiger partial charge in [-0.1, -0.05) is 576 Å². The molecule has 0 heteroatoms. The first-order valence-corrected chi connectivity index (χ1v) is 50.5. The normalized spacial score (nSPS) is 12.9. The van der Waals surface area contributed by atoms with Gasteiger partial charge in [0.25, 0.3) is 0 Å². The third-order valence-electron chi connectivity index (χ3n) is 29.1. The molecule has 0 fully saturated rings. The highest BCUT2D eigenvalue weighted by molar-refractivity contribution is 6.27. The molecule has 150 heavy (non-hydrogen) atoms. The highest BCUT2D eigenvalue weighted by Gasteiger charge is 2.25. The minimum atomic E-state index is -0.460. The maximum atomic E-state index is 8.92. The van der Waals surface area contributed by atoms with E-state index in [-0.39, 0.29) is 112 Å². The first-order chi connectivity index (χ1) is 81.5. The van der Waals surface area contributed by atoms with E-state index in [0.717, 1.165) is 142 Å². The van der Waals surface area contributed by atoms with Crippen LogP contribution < -0.4 is 0 Å². The zero-order chi connectivity index (χ0) is 114. The molecule has 0 N–H and O–H groups in total. The van der Waals surface area contributed by atoms with E-state index in [2.05, 4.69) is 322 Å². The third kappa shape index (κ3) is 17.0. The molecule has 0 unspecified atom stereocenters. The Morgan fingerprint density at radius 3 is 0.653 bits per heavy atom. The van der Waals surface area contributed by atoms with E-state index in [1.165, 1.54) is 87.6 Å². The lowest BCUT2D eigenvalue weighted by Gasteiger charge is -2.19. The Balaban J connectivity index is 0.000000109. The predicted molar refractivity (Wildman–Crippen MR) is 647 cm³/mol. The molecule has 0 aromatic heterocycles. The average molecular weight is 1920 g/mol. The summed E-state index contributed by atoms with van der Waals surface area (Å²) in [6.07, 6.45) is 0. The highest BCUT2D eigenvalue weighted by atomic mass is 14.3. The molecular formula is C150H100. The van der Waals surface area contributed by atoms with Gasteiger partial charge in [0.05, 0.1) is 23.3 Å². The van der Waals surface area contributed by atoms with Gasteiger partial charge in [-0.3, -0.25) is 0 Å². The van der Waals surface area contributed by atoms with E-state index in [1.807, 2.05) is 182 Å². The van der Waals surface area contributed by atoms with Crippen LogP contribution in [0.3, 0.4) is 0 Å². The molecule has 0 radical (unpaired) electrons. The number of benzene rings is 29. The largest absolute Gasteiger partial charge is 0.0629 e. The lowest BCUT2D eigenvalue weighted by Crippen LogP contribution is -1.92. The van der Waals surface area contributed by atoms with Crippen molar-refractivity contribution < 1.29 is 23.3 Å². The summed E-state index contributed by atoms with van der Waals surface area (Å²) >= 11 is 0. The molecule has 0 amide bonds. The molecule has 0 saturated heterocycles. The second-order valence-corrected chi connectivity index (χ2v) is 37.6. The van der Waals surface area contributed by atoms with Crippen molar-refractivity contribution in [3.63, 3.8) is 0 Å². The number of rotatable bonds is 13. The molecule has 29 aromatic carbocycles. The van der Waals surface area contributed by atoms with Crippen LogP contribution in [0.4, 0.5) is 0 Å². The van der Waals surface area contributed by atoms with Gasteiger partial charge in [0.2, 0.25) is 0 Å². The van der Waals surface area contributed by atoms with Crippen LogP contribution in [0.15, 0.2) is 606 Å². The topological polar surface area (TPSA) is 0 Å². The van der Waals surface area contributed by atoms with Crippen LogP contribution >= 0.6 is 0 Å². The summed E-state index contributed by atoms with van der Waals surface area (Å²) in [4.78, 5) is 0. The molecule has 29 aromatic rings. The summed E-state index contributed by atoms with van der Waals surface area (Å²) in [5.41, 5.74) is 25.1. The first-order valence-electron chi connectivity index (χ1n) is 59.0. The van der Waals surface area contributed by atoms with Gasteiger partial charge in [0.15, 0.2) is 0 Å². The van der Waals surface area contributed by atoms with E-state index >= 15 is 0 Å². The Hall–Kier alpha value is -19.5. The van der Waals surface area contributed by atoms with E-state index in [4.69, 9.17) is 23.3 Å². The Bertz CT molecular complexity index is 11200. The van der Waals surface area contributed by atoms with Gasteiger partial charge in [-0.05, 0) is 304 Å². The molecule has 0 saturated carbocycles. The fourth-order valence-corrected chi connectivity index (χ4v) is 22.5. The van der Waals surface area contributed by atoms with Crippen LogP contribution in [-0.2, 0) is 0 Å². The van der Waals surface area contributed by atoms with Crippen molar-refractivity contribution >= 4 is 129 Å². The molecule has 0 nitrogen and oxygen atoms in total. The van der Waals surface area contributed by atoms with Crippen LogP contribution in [0, 0.1) is 0 Å². The molecule has 0 aliphatic rings. The van der Waals surface area contributed by atoms with Crippen molar-refractivity contribution in [1.29, 1.82) is 0 Å². The fraction of sp³-hybridized carbons (Fsp3) is 0. The molecule has 0 aliphatic carbocycles. The monoisotopic (exact) mass is 1920 g/mol. The molecule has 0 aliphatic heterocycles. The van der Waals surface area contributed by atoms with E-state index in [0.29, 0.717) is 16.7 Å². The van der Waals surface area contributed by atoms with Crippen molar-refractivity contribution in [3.8, 4) is 145 Å². The van der Waals surface area contributed by atoms with E-state index in [9.17, 15) is 0 Å². The predicted octanol–water partition coefficient (Wildman–Crippen LogP) is 42.3. The molecule has 0 heterocycles. The molecule has 0 bridgehead atoms. The zero-order valence-electron chi connectivity index (χ0n) is 98.4. The fourth-order valence-electron chi connectivity index (χ4n) is 22.5. The summed E-state index contributed by atoms with van der Waals surface area (Å²) in [5, 5.41) is 24.3. The Labute approximate surface area is 897 Å². The van der Waals surface area contributed by atoms with Crippen molar-refractivity contribution in [3.05, 3.63) is 606 Å². The average Bonchev–Trinajstić information content (AvgIpc) is 0.732. The SMILES string of the molecule is [2H]c1c([2H])c([2H])c(-c2c3ccccc3c(-c3ccccc3)c3ccc(-c4cccc5ccccc45)cc23)c([2H])c1[2H].[2H]c1c([2H])c([2H])c(-c2ccc3c(-c4ccccc4)c4ccccc4c(-c4ccccc4)c3c2)c([2H])c1[2H].[2H]c1c([2H])c([2H])c2c(-c3ccc4c(-c5ccccc5)c5ccccc5c(-c5ccccc5)c4c3)c([2H])c([2H])c([2H])c2c1[2H].c1ccc(-c2c3ccccc3c(-c3ccccc3)c3cc(-c4cccc5cc(-c6cccc7ccccc67)ccc45)ccc23)cc1. The van der Waals surface area contributed by atoms with Crippen LogP contribution in [0.2, 0.25) is 0 Å². The summed E-state index contributed by atoms with van der Waals surface area (Å²) in [7, 11) is 0. The van der Waals surface area contributed by atoms with Crippen LogP contribution in [0.5, 0.6) is 0 Å². The molecule has 700 valence electrons. The van der Waals surface area contributed by atoms with Crippen molar-refractivity contribution in [2.24, 2.45) is 0 Å². The van der Waals surface area contributed by atoms with Gasteiger partial charge >= 0.3 is 0 Å². The molecular weight excluding hydrogens is 1800 g/mol. The van der Waals surface area contributed by atoms with Crippen molar-refractivity contribution in [2.75, 3.05) is 0 Å². The second-order valence-electron chi connectivity index (χ2n) is 37.6. The summed E-state index contributed by atoms with van der Waals surface area (Å²) in [6, 6.07) is 169. The minimum absolute atomic E-state index is 0.0473. The second kappa shape index (κ2) is 40.2. The molecule has 0 spiro atoms. The van der Waals surface area contributed by atoms with Gasteiger partial charge in [-0.15, -0.1) is 0 Å². The number of hydrogen-bond acceptors (Lipinski definition) is 0. The quantitative estimate of drug-likeness (QED) is 0.101. The van der Waals surface area contributed by atoms with Gasteiger partial charge in [0.1, 0.15) is 0 Å². The molecule has 0 atom stereocenters. The summed E-state index contributed by atoms with van der Waals surface area (Å²) in [6.45, 7) is 0. The van der Waals surface area contributed by atoms with E-state index in [1.54, 1.807) is 0 Å². The van der Waals surface area contributed by atoms with Gasteiger partial charge in [-0.25, -0.2) is 0 Å². The van der Waals surface area contributed by atoms with Crippen molar-refractivity contribution in [2.45, 2.75) is 0 Å². The van der Waals surface area contributed by atoms with Gasteiger partial charge < -0.3 is 0 Å². The lowest BCUT2D eigenvalue weighted by atomic mass is 9.84. The van der Waals surface area contributed by atoms with Crippen LogP contribution in [0.25, 0.3) is 274 Å². The summed E-state index contributed by atoms with van der Waals surface area (Å²) in [5.74, 6) is 0. The minimum Gasteiger partial charge on any atom is -0.0622 e. The number of hydrogen-bond donors (Lipinski definition) is 0. The van der Waals surface area contributed by atoms with Gasteiger partial charge in [0, 0.05) is 0 Å². The first kappa shape index (κ1) is 73.5. The smallest absolute Gasteiger partial charge is 0.0622 e.